The van der Waals surface area contributed by atoms with Crippen LogP contribution in [0.4, 0.5) is 0 Å². The van der Waals surface area contributed by atoms with Gasteiger partial charge in [0.1, 0.15) is 19.7 Å². The van der Waals surface area contributed by atoms with Gasteiger partial charge in [-0.1, -0.05) is 58.3 Å². The Kier molecular flexibility index (Phi) is 23.8. The molecule has 2 unspecified atom stereocenters. The topological polar surface area (TPSA) is 143 Å². The summed E-state index contributed by atoms with van der Waals surface area (Å²) >= 11 is 0. The van der Waals surface area contributed by atoms with Gasteiger partial charge >= 0.3 is 47.5 Å². The molecule has 206 valence electrons. The standard InChI is InChI=1S/C18H34N2O3.C7H12O5.Na.H/c1-2-3-4-5-6-7-8-9-10-11-17-19-12-13-20(17,14-15-21)16-18(22)23;1-5(9)11-4-7(3-8)12-6(2)10;;/h21H,2-16H2,1H3;7-8H,3-4H2,1-2H3;;/p+1. The molecule has 0 aromatic carbocycles. The van der Waals surface area contributed by atoms with E-state index in [-0.39, 0.29) is 55.9 Å². The normalized spacial score (nSPS) is 17.2. The number of unbranched alkanes of at least 4 members (excludes halogenated alkanes) is 8. The summed E-state index contributed by atoms with van der Waals surface area (Å²) in [6, 6.07) is 0. The summed E-state index contributed by atoms with van der Waals surface area (Å²) in [7, 11) is 0. The molecule has 10 nitrogen and oxygen atoms in total. The molecule has 0 aromatic rings. The number of ether oxygens (including phenoxy) is 2. The van der Waals surface area contributed by atoms with Crippen LogP contribution in [0.5, 0.6) is 0 Å². The summed E-state index contributed by atoms with van der Waals surface area (Å²) < 4.78 is 9.47. The number of hydrogen-bond acceptors (Lipinski definition) is 8. The summed E-state index contributed by atoms with van der Waals surface area (Å²) in [5, 5.41) is 27.1. The van der Waals surface area contributed by atoms with E-state index in [2.05, 4.69) is 21.4 Å². The number of carboxylic acid groups (broad SMARTS) is 1. The second-order valence-electron chi connectivity index (χ2n) is 8.96. The van der Waals surface area contributed by atoms with E-state index in [1.807, 2.05) is 0 Å². The molecule has 0 saturated heterocycles. The molecule has 3 N–H and O–H groups in total. The molecule has 2 atom stereocenters. The van der Waals surface area contributed by atoms with Crippen LogP contribution in [-0.2, 0) is 23.9 Å². The number of aliphatic carboxylic acids is 1. The number of esters is 2. The number of quaternary nitrogens is 1. The van der Waals surface area contributed by atoms with E-state index in [0.29, 0.717) is 17.6 Å². The minimum atomic E-state index is -0.805. The van der Waals surface area contributed by atoms with E-state index in [0.717, 1.165) is 25.2 Å². The zero-order valence-electron chi connectivity index (χ0n) is 21.9. The number of carbonyl (C=O) groups excluding carboxylic acids is 2. The van der Waals surface area contributed by atoms with E-state index in [1.54, 1.807) is 0 Å². The first-order chi connectivity index (χ1) is 16.7. The molecular weight excluding hydrogens is 479 g/mol. The number of amidine groups is 1. The van der Waals surface area contributed by atoms with Crippen LogP contribution in [0, 0.1) is 0 Å². The fourth-order valence-electron chi connectivity index (χ4n) is 4.07. The number of carboxylic acids is 1. The van der Waals surface area contributed by atoms with Crippen molar-refractivity contribution >= 4 is 53.3 Å². The monoisotopic (exact) mass is 527 g/mol. The van der Waals surface area contributed by atoms with Crippen molar-refractivity contribution in [2.75, 3.05) is 46.0 Å². The molecule has 1 rings (SSSR count). The first-order valence-electron chi connectivity index (χ1n) is 12.8. The van der Waals surface area contributed by atoms with Crippen LogP contribution in [0.1, 0.15) is 85.0 Å². The van der Waals surface area contributed by atoms with Crippen molar-refractivity contribution in [3.63, 3.8) is 0 Å². The summed E-state index contributed by atoms with van der Waals surface area (Å²) in [5.74, 6) is -0.800. The van der Waals surface area contributed by atoms with E-state index in [4.69, 9.17) is 10.2 Å². The van der Waals surface area contributed by atoms with Crippen molar-refractivity contribution < 1.29 is 43.7 Å². The Morgan fingerprint density at radius 1 is 0.972 bits per heavy atom. The van der Waals surface area contributed by atoms with Gasteiger partial charge in [-0.05, 0) is 6.42 Å². The molecule has 1 heterocycles. The minimum absolute atomic E-state index is 0. The number of rotatable bonds is 18. The molecule has 0 bridgehead atoms. The van der Waals surface area contributed by atoms with Crippen LogP contribution in [0.15, 0.2) is 4.99 Å². The van der Waals surface area contributed by atoms with Crippen LogP contribution in [0.2, 0.25) is 0 Å². The van der Waals surface area contributed by atoms with E-state index < -0.39 is 24.0 Å². The van der Waals surface area contributed by atoms with Gasteiger partial charge in [-0.3, -0.25) is 14.1 Å². The van der Waals surface area contributed by atoms with Gasteiger partial charge in [-0.2, -0.15) is 0 Å². The van der Waals surface area contributed by atoms with Gasteiger partial charge in [0, 0.05) is 20.3 Å². The number of nitrogens with zero attached hydrogens (tertiary/aromatic N) is 2. The number of aliphatic hydroxyl groups is 2. The summed E-state index contributed by atoms with van der Waals surface area (Å²) in [5.41, 5.74) is 0. The third-order valence-electron chi connectivity index (χ3n) is 5.85. The fourth-order valence-corrected chi connectivity index (χ4v) is 4.07. The van der Waals surface area contributed by atoms with Gasteiger partial charge in [0.05, 0.1) is 19.8 Å². The first kappa shape index (κ1) is 37.1. The Bertz CT molecular complexity index is 648. The average Bonchev–Trinajstić information content (AvgIpc) is 3.16. The molecule has 0 saturated carbocycles. The van der Waals surface area contributed by atoms with E-state index in [1.165, 1.54) is 65.2 Å². The van der Waals surface area contributed by atoms with Crippen LogP contribution in [0.3, 0.4) is 0 Å². The fraction of sp³-hybridized carbons (Fsp3) is 0.840. The quantitative estimate of drug-likeness (QED) is 0.106. The predicted octanol–water partition coefficient (Wildman–Crippen LogP) is 2.04. The predicted molar refractivity (Wildman–Crippen MR) is 140 cm³/mol. The van der Waals surface area contributed by atoms with Crippen LogP contribution < -0.4 is 0 Å². The zero-order chi connectivity index (χ0) is 26.5. The Morgan fingerprint density at radius 2 is 1.56 bits per heavy atom. The van der Waals surface area contributed by atoms with Gasteiger partial charge in [0.25, 0.3) is 0 Å². The molecule has 36 heavy (non-hydrogen) atoms. The van der Waals surface area contributed by atoms with Crippen molar-refractivity contribution in [3.8, 4) is 0 Å². The second-order valence-corrected chi connectivity index (χ2v) is 8.96. The Labute approximate surface area is 238 Å². The molecule has 0 aliphatic carbocycles. The number of hydrogen-bond donors (Lipinski definition) is 3. The first-order valence-corrected chi connectivity index (χ1v) is 12.8. The third kappa shape index (κ3) is 18.2. The number of aliphatic imine (C=N–C) groups is 1. The molecule has 1 aliphatic rings. The van der Waals surface area contributed by atoms with Gasteiger partial charge in [0.2, 0.25) is 0 Å². The van der Waals surface area contributed by atoms with Crippen molar-refractivity contribution in [2.24, 2.45) is 4.99 Å². The Hall–Kier alpha value is -1.04. The molecule has 1 aliphatic heterocycles. The van der Waals surface area contributed by atoms with Crippen molar-refractivity contribution in [2.45, 2.75) is 91.1 Å². The van der Waals surface area contributed by atoms with Gasteiger partial charge in [-0.25, -0.2) is 9.79 Å². The van der Waals surface area contributed by atoms with Crippen molar-refractivity contribution in [3.05, 3.63) is 0 Å². The van der Waals surface area contributed by atoms with E-state index in [9.17, 15) is 19.5 Å². The van der Waals surface area contributed by atoms with E-state index >= 15 is 0 Å². The zero-order valence-corrected chi connectivity index (χ0v) is 21.9. The van der Waals surface area contributed by atoms with Crippen molar-refractivity contribution in [1.82, 2.24) is 0 Å². The molecule has 11 heteroatoms. The maximum absolute atomic E-state index is 11.2. The molecule has 0 radical (unpaired) electrons. The number of aliphatic hydroxyl groups excluding tert-OH is 2. The van der Waals surface area contributed by atoms with Crippen LogP contribution in [0.25, 0.3) is 0 Å². The summed E-state index contributed by atoms with van der Waals surface area (Å²) in [6.07, 6.45) is 11.7. The molecule has 0 amide bonds. The van der Waals surface area contributed by atoms with Gasteiger partial charge < -0.3 is 24.8 Å². The summed E-state index contributed by atoms with van der Waals surface area (Å²) in [4.78, 5) is 36.4. The third-order valence-corrected chi connectivity index (χ3v) is 5.85. The maximum atomic E-state index is 11.2. The SMILES string of the molecule is CC(=O)OCC(CO)OC(C)=O.CCCCCCCCCCCC1=NCC[N+]1(CCO)CC(=O)O.[NaH]. The summed E-state index contributed by atoms with van der Waals surface area (Å²) in [6.45, 7) is 6.20. The molecular formula is C25H48N2NaO8+. The molecule has 0 aromatic heterocycles. The average molecular weight is 528 g/mol. The molecule has 0 spiro atoms. The number of carbonyl (C=O) groups is 3. The Morgan fingerprint density at radius 3 is 2.03 bits per heavy atom. The van der Waals surface area contributed by atoms with Crippen LogP contribution in [-0.4, -0.2) is 125 Å². The van der Waals surface area contributed by atoms with Crippen LogP contribution >= 0.6 is 0 Å². The van der Waals surface area contributed by atoms with Crippen molar-refractivity contribution in [1.29, 1.82) is 0 Å². The van der Waals surface area contributed by atoms with Gasteiger partial charge in [0.15, 0.2) is 18.5 Å². The van der Waals surface area contributed by atoms with Gasteiger partial charge in [-0.15, -0.1) is 0 Å². The molecule has 0 fully saturated rings. The second kappa shape index (κ2) is 23.1. The Balaban J connectivity index is 0.